The zero-order valence-corrected chi connectivity index (χ0v) is 22.7. The van der Waals surface area contributed by atoms with Crippen LogP contribution in [0.5, 0.6) is 0 Å². The highest BCUT2D eigenvalue weighted by Crippen LogP contribution is 2.41. The summed E-state index contributed by atoms with van der Waals surface area (Å²) in [6, 6.07) is 11.3. The van der Waals surface area contributed by atoms with E-state index in [9.17, 15) is 22.8 Å². The number of benzene rings is 2. The van der Waals surface area contributed by atoms with Crippen molar-refractivity contribution in [2.75, 3.05) is 31.6 Å². The maximum Gasteiger partial charge on any atom is 0.416 e. The van der Waals surface area contributed by atoms with E-state index in [-0.39, 0.29) is 29.6 Å². The molecule has 0 N–H and O–H groups in total. The van der Waals surface area contributed by atoms with Gasteiger partial charge < -0.3 is 9.80 Å². The molecule has 1 saturated heterocycles. The molecular formula is C30H38F3N3O2. The van der Waals surface area contributed by atoms with Crippen molar-refractivity contribution in [3.8, 4) is 0 Å². The number of carbonyl (C=O) groups excluding carboxylic acids is 2. The van der Waals surface area contributed by atoms with Gasteiger partial charge in [-0.2, -0.15) is 13.2 Å². The monoisotopic (exact) mass is 529 g/mol. The van der Waals surface area contributed by atoms with Crippen LogP contribution in [0.3, 0.4) is 0 Å². The second-order valence-corrected chi connectivity index (χ2v) is 10.1. The molecule has 0 spiro atoms. The molecule has 0 aliphatic carbocycles. The van der Waals surface area contributed by atoms with E-state index in [1.54, 1.807) is 41.3 Å². The number of rotatable bonds is 7. The molecule has 0 bridgehead atoms. The fourth-order valence-corrected chi connectivity index (χ4v) is 4.97. The number of amides is 2. The number of halogens is 3. The van der Waals surface area contributed by atoms with Crippen molar-refractivity contribution in [2.24, 2.45) is 5.92 Å². The lowest BCUT2D eigenvalue weighted by atomic mass is 9.95. The SMILES string of the molecule is C=CC(=O)N1CCC(CCN(C)C(C)c2cc3c(c(C(F)(F)F)c2)CN(c2ccccc2)C3=O)C1.CCC. The minimum atomic E-state index is -4.56. The van der Waals surface area contributed by atoms with E-state index in [4.69, 9.17) is 0 Å². The topological polar surface area (TPSA) is 43.9 Å². The molecule has 1 fully saturated rings. The van der Waals surface area contributed by atoms with E-state index >= 15 is 0 Å². The standard InChI is InChI=1S/C27H30F3N3O2.C3H8/c1-4-25(34)32-13-11-19(16-32)10-12-31(3)18(2)20-14-22-23(24(15-20)27(28,29)30)17-33(26(22)35)21-8-6-5-7-9-21;1-3-2/h4-9,14-15,18-19H,1,10-13,16-17H2,2-3H3;3H2,1-2H3. The zero-order chi connectivity index (χ0) is 28.0. The maximum atomic E-state index is 14.0. The highest BCUT2D eigenvalue weighted by atomic mass is 19.4. The molecule has 2 aromatic rings. The van der Waals surface area contributed by atoms with Crippen molar-refractivity contribution in [3.05, 3.63) is 77.4 Å². The summed E-state index contributed by atoms with van der Waals surface area (Å²) < 4.78 is 42.1. The number of hydrogen-bond acceptors (Lipinski definition) is 3. The number of fused-ring (bicyclic) bond motifs is 1. The molecule has 2 unspecified atom stereocenters. The molecule has 38 heavy (non-hydrogen) atoms. The lowest BCUT2D eigenvalue weighted by Crippen LogP contribution is -2.28. The molecule has 5 nitrogen and oxygen atoms in total. The molecule has 2 atom stereocenters. The predicted octanol–water partition coefficient (Wildman–Crippen LogP) is 6.70. The van der Waals surface area contributed by atoms with Crippen molar-refractivity contribution >= 4 is 17.5 Å². The van der Waals surface area contributed by atoms with E-state index in [0.717, 1.165) is 12.8 Å². The summed E-state index contributed by atoms with van der Waals surface area (Å²) in [7, 11) is 1.88. The number of hydrogen-bond donors (Lipinski definition) is 0. The summed E-state index contributed by atoms with van der Waals surface area (Å²) in [5, 5.41) is 0. The van der Waals surface area contributed by atoms with E-state index in [1.165, 1.54) is 23.5 Å². The van der Waals surface area contributed by atoms with E-state index in [2.05, 4.69) is 20.4 Å². The lowest BCUT2D eigenvalue weighted by Gasteiger charge is -2.27. The van der Waals surface area contributed by atoms with Gasteiger partial charge in [0.05, 0.1) is 12.1 Å². The maximum absolute atomic E-state index is 14.0. The van der Waals surface area contributed by atoms with E-state index in [0.29, 0.717) is 36.8 Å². The third kappa shape index (κ3) is 6.65. The van der Waals surface area contributed by atoms with Gasteiger partial charge in [-0.1, -0.05) is 45.0 Å². The van der Waals surface area contributed by atoms with Gasteiger partial charge in [-0.05, 0) is 80.7 Å². The molecule has 0 radical (unpaired) electrons. The fraction of sp³-hybridized carbons (Fsp3) is 0.467. The van der Waals surface area contributed by atoms with Crippen LogP contribution in [0.2, 0.25) is 0 Å². The van der Waals surface area contributed by atoms with Gasteiger partial charge in [0.15, 0.2) is 0 Å². The van der Waals surface area contributed by atoms with Gasteiger partial charge >= 0.3 is 6.18 Å². The first-order chi connectivity index (χ1) is 18.0. The summed E-state index contributed by atoms with van der Waals surface area (Å²) in [4.78, 5) is 30.1. The molecule has 2 aromatic carbocycles. The molecule has 0 saturated carbocycles. The normalized spacial score (nSPS) is 17.8. The van der Waals surface area contributed by atoms with E-state index < -0.39 is 17.6 Å². The van der Waals surface area contributed by atoms with Crippen molar-refractivity contribution in [1.82, 2.24) is 9.80 Å². The molecule has 2 amide bonds. The van der Waals surface area contributed by atoms with Crippen LogP contribution in [-0.2, 0) is 17.5 Å². The number of alkyl halides is 3. The average molecular weight is 530 g/mol. The Labute approximate surface area is 223 Å². The van der Waals surface area contributed by atoms with Crippen LogP contribution in [0.4, 0.5) is 18.9 Å². The second-order valence-electron chi connectivity index (χ2n) is 10.1. The summed E-state index contributed by atoms with van der Waals surface area (Å²) in [6.45, 7) is 11.6. The number of para-hydroxylation sites is 1. The summed E-state index contributed by atoms with van der Waals surface area (Å²) in [6.07, 6.45) is -0.249. The predicted molar refractivity (Wildman–Crippen MR) is 145 cm³/mol. The Balaban J connectivity index is 0.00000127. The Morgan fingerprint density at radius 1 is 1.21 bits per heavy atom. The minimum Gasteiger partial charge on any atom is -0.339 e. The first-order valence-electron chi connectivity index (χ1n) is 13.2. The molecule has 4 rings (SSSR count). The van der Waals surface area contributed by atoms with Crippen LogP contribution in [0.25, 0.3) is 0 Å². The molecule has 0 aromatic heterocycles. The van der Waals surface area contributed by atoms with Crippen LogP contribution < -0.4 is 4.90 Å². The highest BCUT2D eigenvalue weighted by molar-refractivity contribution is 6.10. The largest absolute Gasteiger partial charge is 0.416 e. The summed E-state index contributed by atoms with van der Waals surface area (Å²) in [5.74, 6) is -0.132. The summed E-state index contributed by atoms with van der Waals surface area (Å²) >= 11 is 0. The van der Waals surface area contributed by atoms with Crippen molar-refractivity contribution in [1.29, 1.82) is 0 Å². The molecule has 206 valence electrons. The smallest absolute Gasteiger partial charge is 0.339 e. The van der Waals surface area contributed by atoms with Crippen LogP contribution in [0.1, 0.15) is 73.1 Å². The van der Waals surface area contributed by atoms with Gasteiger partial charge in [-0.25, -0.2) is 0 Å². The number of anilines is 1. The molecule has 2 aliphatic rings. The molecule has 2 aliphatic heterocycles. The van der Waals surface area contributed by atoms with Crippen LogP contribution in [0.15, 0.2) is 55.1 Å². The average Bonchev–Trinajstić information content (AvgIpc) is 3.51. The zero-order valence-electron chi connectivity index (χ0n) is 22.7. The second kappa shape index (κ2) is 12.6. The molecule has 8 heteroatoms. The Morgan fingerprint density at radius 3 is 2.47 bits per heavy atom. The van der Waals surface area contributed by atoms with Gasteiger partial charge in [0, 0.05) is 30.4 Å². The lowest BCUT2D eigenvalue weighted by molar-refractivity contribution is -0.138. The minimum absolute atomic E-state index is 0.0305. The molecular weight excluding hydrogens is 491 g/mol. The van der Waals surface area contributed by atoms with Crippen LogP contribution in [-0.4, -0.2) is 48.3 Å². The van der Waals surface area contributed by atoms with Gasteiger partial charge in [0.1, 0.15) is 0 Å². The quantitative estimate of drug-likeness (QED) is 0.375. The summed E-state index contributed by atoms with van der Waals surface area (Å²) in [5.41, 5.74) is 0.452. The van der Waals surface area contributed by atoms with E-state index in [1.807, 2.05) is 18.9 Å². The molecule has 2 heterocycles. The van der Waals surface area contributed by atoms with Crippen LogP contribution in [0, 0.1) is 5.92 Å². The fourth-order valence-electron chi connectivity index (χ4n) is 4.97. The van der Waals surface area contributed by atoms with Crippen molar-refractivity contribution in [2.45, 2.75) is 58.8 Å². The van der Waals surface area contributed by atoms with Crippen molar-refractivity contribution in [3.63, 3.8) is 0 Å². The number of nitrogens with zero attached hydrogens (tertiary/aromatic N) is 3. The van der Waals surface area contributed by atoms with Gasteiger partial charge in [0.25, 0.3) is 5.91 Å². The third-order valence-corrected chi connectivity index (χ3v) is 7.24. The third-order valence-electron chi connectivity index (χ3n) is 7.24. The van der Waals surface area contributed by atoms with Crippen molar-refractivity contribution < 1.29 is 22.8 Å². The Bertz CT molecular complexity index is 1130. The van der Waals surface area contributed by atoms with Gasteiger partial charge in [-0.3, -0.25) is 14.5 Å². The Hall–Kier alpha value is -3.13. The first kappa shape index (κ1) is 29.4. The Morgan fingerprint density at radius 2 is 1.87 bits per heavy atom. The van der Waals surface area contributed by atoms with Gasteiger partial charge in [0.2, 0.25) is 5.91 Å². The van der Waals surface area contributed by atoms with Crippen LogP contribution >= 0.6 is 0 Å². The number of likely N-dealkylation sites (tertiary alicyclic amines) is 1. The van der Waals surface area contributed by atoms with Gasteiger partial charge in [-0.15, -0.1) is 0 Å². The Kier molecular flexibility index (Phi) is 9.77. The highest BCUT2D eigenvalue weighted by Gasteiger charge is 2.41. The number of carbonyl (C=O) groups is 2. The first-order valence-corrected chi connectivity index (χ1v) is 13.2.